The predicted octanol–water partition coefficient (Wildman–Crippen LogP) is 3.13. The third-order valence-electron chi connectivity index (χ3n) is 5.13. The zero-order valence-electron chi connectivity index (χ0n) is 16.0. The first kappa shape index (κ1) is 20.5. The van der Waals surface area contributed by atoms with E-state index < -0.39 is 11.8 Å². The van der Waals surface area contributed by atoms with E-state index in [1.807, 2.05) is 6.07 Å². The lowest BCUT2D eigenvalue weighted by Gasteiger charge is -2.24. The summed E-state index contributed by atoms with van der Waals surface area (Å²) in [6, 6.07) is 10.4. The van der Waals surface area contributed by atoms with Gasteiger partial charge in [-0.05, 0) is 30.7 Å². The van der Waals surface area contributed by atoms with Crippen LogP contribution in [0.25, 0.3) is 0 Å². The zero-order chi connectivity index (χ0) is 21.3. The van der Waals surface area contributed by atoms with Gasteiger partial charge < -0.3 is 19.9 Å². The molecule has 2 aromatic carbocycles. The van der Waals surface area contributed by atoms with Crippen LogP contribution < -0.4 is 15.0 Å². The molecule has 2 aliphatic heterocycles. The third-order valence-corrected chi connectivity index (χ3v) is 5.87. The van der Waals surface area contributed by atoms with Crippen molar-refractivity contribution >= 4 is 52.4 Å². The minimum Gasteiger partial charge on any atom is -0.426 e. The number of hydrogen-bond donors (Lipinski definition) is 1. The highest BCUT2D eigenvalue weighted by atomic mass is 35.5. The number of carbonyl (C=O) groups excluding carboxylic acids is 3. The van der Waals surface area contributed by atoms with Gasteiger partial charge in [0.15, 0.2) is 0 Å². The van der Waals surface area contributed by atoms with Crippen molar-refractivity contribution in [2.24, 2.45) is 0 Å². The Morgan fingerprint density at radius 2 is 1.80 bits per heavy atom. The second kappa shape index (κ2) is 8.53. The van der Waals surface area contributed by atoms with Crippen molar-refractivity contribution in [3.63, 3.8) is 0 Å². The van der Waals surface area contributed by atoms with E-state index in [1.165, 1.54) is 0 Å². The van der Waals surface area contributed by atoms with Crippen molar-refractivity contribution in [2.75, 3.05) is 36.4 Å². The van der Waals surface area contributed by atoms with Crippen LogP contribution in [0, 0.1) is 0 Å². The SMILES string of the molecule is O=C1Cc2ccc(NC(=O)C(=O)N3CCCN(c4ccc(Cl)c(Cl)c4)CC3)cc2O1. The van der Waals surface area contributed by atoms with Crippen molar-refractivity contribution in [1.29, 1.82) is 0 Å². The average molecular weight is 448 g/mol. The van der Waals surface area contributed by atoms with Gasteiger partial charge in [0.05, 0.1) is 16.5 Å². The molecule has 156 valence electrons. The number of nitrogens with one attached hydrogen (secondary N) is 1. The number of hydrogen-bond acceptors (Lipinski definition) is 5. The van der Waals surface area contributed by atoms with Gasteiger partial charge in [0, 0.05) is 49.2 Å². The van der Waals surface area contributed by atoms with Crippen LogP contribution in [-0.4, -0.2) is 48.9 Å². The first-order chi connectivity index (χ1) is 14.4. The second-order valence-corrected chi connectivity index (χ2v) is 7.97. The maximum absolute atomic E-state index is 12.7. The molecule has 0 aromatic heterocycles. The number of rotatable bonds is 2. The molecule has 0 atom stereocenters. The standard InChI is InChI=1S/C21H19Cl2N3O4/c22-16-5-4-15(12-17(16)23)25-6-1-7-26(9-8-25)21(29)20(28)24-14-3-2-13-10-19(27)30-18(13)11-14/h2-5,11-12H,1,6-10H2,(H,24,28). The molecule has 2 aromatic rings. The number of esters is 1. The van der Waals surface area contributed by atoms with Gasteiger partial charge in [-0.15, -0.1) is 0 Å². The minimum atomic E-state index is -0.720. The van der Waals surface area contributed by atoms with Crippen LogP contribution in [0.2, 0.25) is 10.0 Å². The van der Waals surface area contributed by atoms with Gasteiger partial charge in [-0.3, -0.25) is 14.4 Å². The summed E-state index contributed by atoms with van der Waals surface area (Å²) in [6.07, 6.45) is 0.930. The highest BCUT2D eigenvalue weighted by Gasteiger charge is 2.26. The number of carbonyl (C=O) groups is 3. The molecule has 0 bridgehead atoms. The molecule has 1 N–H and O–H groups in total. The molecule has 2 heterocycles. The number of halogens is 2. The minimum absolute atomic E-state index is 0.214. The number of ether oxygens (including phenoxy) is 1. The molecule has 2 aliphatic rings. The number of fused-ring (bicyclic) bond motifs is 1. The fraction of sp³-hybridized carbons (Fsp3) is 0.286. The van der Waals surface area contributed by atoms with Gasteiger partial charge in [-0.1, -0.05) is 29.3 Å². The van der Waals surface area contributed by atoms with Crippen LogP contribution in [0.15, 0.2) is 36.4 Å². The van der Waals surface area contributed by atoms with Crippen LogP contribution in [0.5, 0.6) is 5.75 Å². The topological polar surface area (TPSA) is 79.0 Å². The van der Waals surface area contributed by atoms with Crippen LogP contribution in [0.1, 0.15) is 12.0 Å². The van der Waals surface area contributed by atoms with Crippen molar-refractivity contribution in [3.8, 4) is 5.75 Å². The average Bonchev–Trinajstić information content (AvgIpc) is 2.93. The van der Waals surface area contributed by atoms with E-state index in [9.17, 15) is 14.4 Å². The van der Waals surface area contributed by atoms with Crippen molar-refractivity contribution in [2.45, 2.75) is 12.8 Å². The fourth-order valence-electron chi connectivity index (χ4n) is 3.58. The Hall–Kier alpha value is -2.77. The third kappa shape index (κ3) is 4.37. The van der Waals surface area contributed by atoms with E-state index in [0.29, 0.717) is 47.5 Å². The maximum Gasteiger partial charge on any atom is 0.315 e. The van der Waals surface area contributed by atoms with Gasteiger partial charge in [-0.25, -0.2) is 0 Å². The molecular formula is C21H19Cl2N3O4. The van der Waals surface area contributed by atoms with Gasteiger partial charge >= 0.3 is 17.8 Å². The lowest BCUT2D eigenvalue weighted by molar-refractivity contribution is -0.143. The normalized spacial score (nSPS) is 16.0. The highest BCUT2D eigenvalue weighted by molar-refractivity contribution is 6.42. The first-order valence-electron chi connectivity index (χ1n) is 9.54. The molecule has 0 unspecified atom stereocenters. The Bertz CT molecular complexity index is 1030. The van der Waals surface area contributed by atoms with E-state index in [2.05, 4.69) is 10.2 Å². The van der Waals surface area contributed by atoms with E-state index in [0.717, 1.165) is 17.8 Å². The molecule has 0 aliphatic carbocycles. The molecule has 0 radical (unpaired) electrons. The monoisotopic (exact) mass is 447 g/mol. The van der Waals surface area contributed by atoms with Gasteiger partial charge in [0.2, 0.25) is 0 Å². The molecule has 1 fully saturated rings. The quantitative estimate of drug-likeness (QED) is 0.434. The summed E-state index contributed by atoms with van der Waals surface area (Å²) in [6.45, 7) is 2.20. The van der Waals surface area contributed by atoms with E-state index in [4.69, 9.17) is 27.9 Å². The first-order valence-corrected chi connectivity index (χ1v) is 10.3. The number of benzene rings is 2. The largest absolute Gasteiger partial charge is 0.426 e. The zero-order valence-corrected chi connectivity index (χ0v) is 17.5. The molecule has 2 amide bonds. The van der Waals surface area contributed by atoms with Gasteiger partial charge in [0.1, 0.15) is 5.75 Å². The molecule has 9 heteroatoms. The second-order valence-electron chi connectivity index (χ2n) is 7.16. The Morgan fingerprint density at radius 1 is 0.967 bits per heavy atom. The maximum atomic E-state index is 12.7. The number of amides is 2. The Labute approximate surface area is 183 Å². The molecule has 0 saturated carbocycles. The summed E-state index contributed by atoms with van der Waals surface area (Å²) in [5.74, 6) is -1.23. The fourth-order valence-corrected chi connectivity index (χ4v) is 3.87. The molecule has 0 spiro atoms. The molecule has 1 saturated heterocycles. The lowest BCUT2D eigenvalue weighted by Crippen LogP contribution is -2.41. The van der Waals surface area contributed by atoms with E-state index in [-0.39, 0.29) is 12.4 Å². The van der Waals surface area contributed by atoms with E-state index in [1.54, 1.807) is 35.2 Å². The summed E-state index contributed by atoms with van der Waals surface area (Å²) in [4.78, 5) is 40.1. The molecule has 7 nitrogen and oxygen atoms in total. The van der Waals surface area contributed by atoms with Gasteiger partial charge in [-0.2, -0.15) is 0 Å². The number of nitrogens with zero attached hydrogens (tertiary/aromatic N) is 2. The summed E-state index contributed by atoms with van der Waals surface area (Å²) < 4.78 is 5.08. The van der Waals surface area contributed by atoms with Crippen LogP contribution in [-0.2, 0) is 20.8 Å². The van der Waals surface area contributed by atoms with Crippen molar-refractivity contribution < 1.29 is 19.1 Å². The summed E-state index contributed by atoms with van der Waals surface area (Å²) in [5.41, 5.74) is 2.10. The van der Waals surface area contributed by atoms with Crippen LogP contribution in [0.4, 0.5) is 11.4 Å². The molecular weight excluding hydrogens is 429 g/mol. The van der Waals surface area contributed by atoms with Crippen LogP contribution in [0.3, 0.4) is 0 Å². The number of anilines is 2. The van der Waals surface area contributed by atoms with Crippen molar-refractivity contribution in [3.05, 3.63) is 52.0 Å². The predicted molar refractivity (Wildman–Crippen MR) is 114 cm³/mol. The summed E-state index contributed by atoms with van der Waals surface area (Å²) in [5, 5.41) is 3.56. The highest BCUT2D eigenvalue weighted by Crippen LogP contribution is 2.29. The molecule has 4 rings (SSSR count). The van der Waals surface area contributed by atoms with Crippen molar-refractivity contribution in [1.82, 2.24) is 4.90 Å². The molecule has 30 heavy (non-hydrogen) atoms. The lowest BCUT2D eigenvalue weighted by atomic mass is 10.1. The summed E-state index contributed by atoms with van der Waals surface area (Å²) >= 11 is 12.1. The Kier molecular flexibility index (Phi) is 5.83. The van der Waals surface area contributed by atoms with E-state index >= 15 is 0 Å². The smallest absolute Gasteiger partial charge is 0.315 e. The van der Waals surface area contributed by atoms with Crippen LogP contribution >= 0.6 is 23.2 Å². The van der Waals surface area contributed by atoms with Gasteiger partial charge in [0.25, 0.3) is 0 Å². The summed E-state index contributed by atoms with van der Waals surface area (Å²) in [7, 11) is 0. The Balaban J connectivity index is 1.37. The Morgan fingerprint density at radius 3 is 2.60 bits per heavy atom.